The molecule has 1 aromatic heterocycles. The van der Waals surface area contributed by atoms with Gasteiger partial charge in [-0.15, -0.1) is 11.3 Å². The molecule has 0 spiro atoms. The fourth-order valence-electron chi connectivity index (χ4n) is 1.79. The maximum absolute atomic E-state index is 11.8. The molecule has 2 amide bonds. The lowest BCUT2D eigenvalue weighted by Gasteiger charge is -2.19. The molecule has 0 radical (unpaired) electrons. The van der Waals surface area contributed by atoms with Crippen LogP contribution in [0.4, 0.5) is 15.6 Å². The van der Waals surface area contributed by atoms with Crippen LogP contribution in [-0.2, 0) is 9.53 Å². The van der Waals surface area contributed by atoms with E-state index >= 15 is 0 Å². The Bertz CT molecular complexity index is 737. The monoisotopic (exact) mass is 348 g/mol. The average Bonchev–Trinajstić information content (AvgIpc) is 2.92. The second-order valence-electron chi connectivity index (χ2n) is 6.07. The van der Waals surface area contributed by atoms with Gasteiger partial charge in [-0.25, -0.2) is 9.78 Å². The maximum atomic E-state index is 11.8. The minimum atomic E-state index is -0.641. The van der Waals surface area contributed by atoms with Crippen LogP contribution in [0, 0.1) is 0 Å². The zero-order valence-electron chi connectivity index (χ0n) is 13.8. The number of aromatic nitrogens is 1. The number of hydrogen-bond donors (Lipinski definition) is 3. The van der Waals surface area contributed by atoms with Crippen molar-refractivity contribution in [3.8, 4) is 11.3 Å². The second kappa shape index (κ2) is 7.31. The number of alkyl carbamates (subject to hydrolysis) is 1. The second-order valence-corrected chi connectivity index (χ2v) is 6.93. The molecule has 24 heavy (non-hydrogen) atoms. The fourth-order valence-corrected chi connectivity index (χ4v) is 2.53. The van der Waals surface area contributed by atoms with E-state index in [9.17, 15) is 9.59 Å². The number of carbonyl (C=O) groups excluding carboxylic acids is 2. The van der Waals surface area contributed by atoms with E-state index < -0.39 is 11.7 Å². The first-order valence-electron chi connectivity index (χ1n) is 7.31. The highest BCUT2D eigenvalue weighted by molar-refractivity contribution is 7.14. The van der Waals surface area contributed by atoms with Crippen molar-refractivity contribution >= 4 is 34.2 Å². The van der Waals surface area contributed by atoms with Crippen LogP contribution in [0.1, 0.15) is 20.8 Å². The van der Waals surface area contributed by atoms with Crippen molar-refractivity contribution in [2.24, 2.45) is 0 Å². The topological polar surface area (TPSA) is 106 Å². The van der Waals surface area contributed by atoms with Gasteiger partial charge in [-0.05, 0) is 32.9 Å². The van der Waals surface area contributed by atoms with Crippen LogP contribution < -0.4 is 16.4 Å². The molecule has 4 N–H and O–H groups in total. The van der Waals surface area contributed by atoms with E-state index in [1.807, 2.05) is 23.6 Å². The van der Waals surface area contributed by atoms with Crippen molar-refractivity contribution in [3.63, 3.8) is 0 Å². The van der Waals surface area contributed by atoms with E-state index in [1.54, 1.807) is 26.8 Å². The lowest BCUT2D eigenvalue weighted by atomic mass is 10.1. The number of rotatable bonds is 4. The van der Waals surface area contributed by atoms with Crippen LogP contribution in [-0.4, -0.2) is 29.1 Å². The molecule has 0 aliphatic carbocycles. The molecule has 2 aromatic rings. The molecule has 8 heteroatoms. The third kappa shape index (κ3) is 5.54. The van der Waals surface area contributed by atoms with Gasteiger partial charge in [0.05, 0.1) is 5.69 Å². The predicted octanol–water partition coefficient (Wildman–Crippen LogP) is 2.86. The van der Waals surface area contributed by atoms with E-state index in [0.717, 1.165) is 11.3 Å². The number of thiazole rings is 1. The number of anilines is 2. The molecule has 0 saturated heterocycles. The zero-order valence-corrected chi connectivity index (χ0v) is 14.6. The molecule has 0 saturated carbocycles. The molecule has 128 valence electrons. The summed E-state index contributed by atoms with van der Waals surface area (Å²) < 4.78 is 5.06. The predicted molar refractivity (Wildman–Crippen MR) is 94.8 cm³/mol. The summed E-state index contributed by atoms with van der Waals surface area (Å²) in [6.07, 6.45) is -0.641. The summed E-state index contributed by atoms with van der Waals surface area (Å²) in [6, 6.07) is 7.33. The normalized spacial score (nSPS) is 11.0. The molecular weight excluding hydrogens is 328 g/mol. The van der Waals surface area contributed by atoms with Gasteiger partial charge in [0.25, 0.3) is 0 Å². The Hall–Kier alpha value is -2.61. The summed E-state index contributed by atoms with van der Waals surface area (Å²) in [4.78, 5) is 27.7. The van der Waals surface area contributed by atoms with Gasteiger partial charge < -0.3 is 21.1 Å². The van der Waals surface area contributed by atoms with Crippen LogP contribution in [0.25, 0.3) is 11.3 Å². The van der Waals surface area contributed by atoms with Gasteiger partial charge in [-0.3, -0.25) is 4.79 Å². The van der Waals surface area contributed by atoms with Gasteiger partial charge in [-0.2, -0.15) is 0 Å². The average molecular weight is 348 g/mol. The summed E-state index contributed by atoms with van der Waals surface area (Å²) in [5, 5.41) is 7.30. The summed E-state index contributed by atoms with van der Waals surface area (Å²) in [5.41, 5.74) is 7.38. The molecule has 0 bridgehead atoms. The Morgan fingerprint density at radius 2 is 2.08 bits per heavy atom. The SMILES string of the molecule is CC(C)(C)OC(=O)NCC(=O)Nc1nc(-c2cccc(N)c2)cs1. The van der Waals surface area contributed by atoms with Crippen molar-refractivity contribution < 1.29 is 14.3 Å². The standard InChI is InChI=1S/C16H20N4O3S/c1-16(2,3)23-15(22)18-8-13(21)20-14-19-12(9-24-14)10-5-4-6-11(17)7-10/h4-7,9H,8,17H2,1-3H3,(H,18,22)(H,19,20,21). The van der Waals surface area contributed by atoms with E-state index in [4.69, 9.17) is 10.5 Å². The van der Waals surface area contributed by atoms with E-state index in [-0.39, 0.29) is 12.5 Å². The highest BCUT2D eigenvalue weighted by Crippen LogP contribution is 2.25. The van der Waals surface area contributed by atoms with E-state index in [0.29, 0.717) is 10.8 Å². The molecule has 1 aromatic carbocycles. The molecule has 0 fully saturated rings. The fraction of sp³-hybridized carbons (Fsp3) is 0.312. The van der Waals surface area contributed by atoms with Gasteiger partial charge in [0.1, 0.15) is 12.1 Å². The number of amides is 2. The van der Waals surface area contributed by atoms with Gasteiger partial charge in [0, 0.05) is 16.6 Å². The van der Waals surface area contributed by atoms with Crippen LogP contribution >= 0.6 is 11.3 Å². The molecule has 0 aliphatic rings. The number of nitrogens with one attached hydrogen (secondary N) is 2. The Morgan fingerprint density at radius 3 is 2.75 bits per heavy atom. The number of ether oxygens (including phenoxy) is 1. The third-order valence-electron chi connectivity index (χ3n) is 2.73. The minimum absolute atomic E-state index is 0.192. The Labute approximate surface area is 144 Å². The highest BCUT2D eigenvalue weighted by Gasteiger charge is 2.17. The number of nitrogens with zero attached hydrogens (tertiary/aromatic N) is 1. The first kappa shape index (κ1) is 17.7. The van der Waals surface area contributed by atoms with Gasteiger partial charge in [0.2, 0.25) is 5.91 Å². The van der Waals surface area contributed by atoms with Crippen molar-refractivity contribution in [3.05, 3.63) is 29.6 Å². The Kier molecular flexibility index (Phi) is 5.40. The first-order chi connectivity index (χ1) is 11.2. The number of hydrogen-bond acceptors (Lipinski definition) is 6. The lowest BCUT2D eigenvalue weighted by molar-refractivity contribution is -0.115. The summed E-state index contributed by atoms with van der Waals surface area (Å²) in [6.45, 7) is 5.06. The van der Waals surface area contributed by atoms with Crippen LogP contribution in [0.2, 0.25) is 0 Å². The molecule has 0 atom stereocenters. The number of benzene rings is 1. The lowest BCUT2D eigenvalue weighted by Crippen LogP contribution is -2.37. The number of nitrogens with two attached hydrogens (primary N) is 1. The van der Waals surface area contributed by atoms with Gasteiger partial charge >= 0.3 is 6.09 Å². The van der Waals surface area contributed by atoms with E-state index in [1.165, 1.54) is 11.3 Å². The molecule has 0 aliphatic heterocycles. The molecule has 7 nitrogen and oxygen atoms in total. The third-order valence-corrected chi connectivity index (χ3v) is 3.48. The zero-order chi connectivity index (χ0) is 17.7. The van der Waals surface area contributed by atoms with Crippen LogP contribution in [0.3, 0.4) is 0 Å². The smallest absolute Gasteiger partial charge is 0.408 e. The van der Waals surface area contributed by atoms with Gasteiger partial charge in [-0.1, -0.05) is 12.1 Å². The molecular formula is C16H20N4O3S. The van der Waals surface area contributed by atoms with E-state index in [2.05, 4.69) is 15.6 Å². The van der Waals surface area contributed by atoms with Crippen molar-refractivity contribution in [1.82, 2.24) is 10.3 Å². The summed E-state index contributed by atoms with van der Waals surface area (Å²) in [7, 11) is 0. The van der Waals surface area contributed by atoms with Crippen LogP contribution in [0.15, 0.2) is 29.6 Å². The summed E-state index contributed by atoms with van der Waals surface area (Å²) in [5.74, 6) is -0.380. The van der Waals surface area contributed by atoms with Crippen molar-refractivity contribution in [1.29, 1.82) is 0 Å². The minimum Gasteiger partial charge on any atom is -0.444 e. The van der Waals surface area contributed by atoms with Crippen LogP contribution in [0.5, 0.6) is 0 Å². The maximum Gasteiger partial charge on any atom is 0.408 e. The number of nitrogen functional groups attached to an aromatic ring is 1. The largest absolute Gasteiger partial charge is 0.444 e. The quantitative estimate of drug-likeness (QED) is 0.737. The Balaban J connectivity index is 1.88. The van der Waals surface area contributed by atoms with Crippen molar-refractivity contribution in [2.45, 2.75) is 26.4 Å². The van der Waals surface area contributed by atoms with Crippen molar-refractivity contribution in [2.75, 3.05) is 17.6 Å². The van der Waals surface area contributed by atoms with Gasteiger partial charge in [0.15, 0.2) is 5.13 Å². The number of carbonyl (C=O) groups is 2. The molecule has 1 heterocycles. The summed E-state index contributed by atoms with van der Waals surface area (Å²) >= 11 is 1.30. The first-order valence-corrected chi connectivity index (χ1v) is 8.19. The molecule has 2 rings (SSSR count). The Morgan fingerprint density at radius 1 is 1.33 bits per heavy atom. The highest BCUT2D eigenvalue weighted by atomic mass is 32.1. The molecule has 0 unspecified atom stereocenters.